The molecule has 1 aliphatic rings. The molecular weight excluding hydrogens is 396 g/mol. The first-order chi connectivity index (χ1) is 14.2. The molecule has 0 atom stereocenters. The number of carboxylic acid groups (broad SMARTS) is 2. The highest BCUT2D eigenvalue weighted by molar-refractivity contribution is 6.36. The van der Waals surface area contributed by atoms with Crippen LogP contribution < -0.4 is 4.90 Å². The van der Waals surface area contributed by atoms with Crippen LogP contribution in [0.25, 0.3) is 10.8 Å². The number of carboxylic acids is 2. The number of nitro benzene ring substituents is 1. The normalized spacial score (nSPS) is 12.9. The molecule has 10 nitrogen and oxygen atoms in total. The monoisotopic (exact) mass is 406 g/mol. The highest BCUT2D eigenvalue weighted by Crippen LogP contribution is 2.36. The van der Waals surface area contributed by atoms with E-state index in [1.807, 2.05) is 0 Å². The number of nitrogens with zero attached hydrogens (tertiary/aromatic N) is 2. The van der Waals surface area contributed by atoms with Crippen LogP contribution in [0, 0.1) is 10.1 Å². The van der Waals surface area contributed by atoms with E-state index in [9.17, 15) is 39.5 Å². The van der Waals surface area contributed by atoms with Crippen LogP contribution in [-0.2, 0) is 0 Å². The van der Waals surface area contributed by atoms with Crippen molar-refractivity contribution in [3.63, 3.8) is 0 Å². The number of carbonyl (C=O) groups is 4. The Kier molecular flexibility index (Phi) is 4.05. The maximum atomic E-state index is 13.1. The molecule has 0 radical (unpaired) electrons. The smallest absolute Gasteiger partial charge is 0.335 e. The molecule has 3 aromatic rings. The summed E-state index contributed by atoms with van der Waals surface area (Å²) in [5, 5.41) is 30.4. The van der Waals surface area contributed by atoms with Crippen LogP contribution in [0.15, 0.2) is 48.5 Å². The van der Waals surface area contributed by atoms with Gasteiger partial charge in [-0.1, -0.05) is 12.1 Å². The lowest BCUT2D eigenvalue weighted by molar-refractivity contribution is -0.384. The van der Waals surface area contributed by atoms with Gasteiger partial charge in [-0.15, -0.1) is 0 Å². The number of imide groups is 1. The highest BCUT2D eigenvalue weighted by Gasteiger charge is 2.36. The van der Waals surface area contributed by atoms with Crippen molar-refractivity contribution in [3.05, 3.63) is 80.9 Å². The Balaban J connectivity index is 1.99. The van der Waals surface area contributed by atoms with Gasteiger partial charge in [-0.2, -0.15) is 0 Å². The summed E-state index contributed by atoms with van der Waals surface area (Å²) < 4.78 is 0. The second kappa shape index (κ2) is 6.48. The standard InChI is InChI=1S/C20H10N2O8/c23-17-14-3-1-2-9-5-13(22(29)30)8-15(16(9)14)18(24)21(17)12-6-10(19(25)26)4-11(7-12)20(27)28/h1-8H,(H,25,26)(H,27,28). The molecule has 30 heavy (non-hydrogen) atoms. The molecule has 10 heteroatoms. The number of benzene rings is 3. The zero-order valence-corrected chi connectivity index (χ0v) is 14.9. The summed E-state index contributed by atoms with van der Waals surface area (Å²) in [7, 11) is 0. The fourth-order valence-corrected chi connectivity index (χ4v) is 3.42. The van der Waals surface area contributed by atoms with Crippen LogP contribution in [0.1, 0.15) is 41.4 Å². The second-order valence-electron chi connectivity index (χ2n) is 6.48. The number of hydrogen-bond donors (Lipinski definition) is 2. The molecule has 0 saturated heterocycles. The van der Waals surface area contributed by atoms with Gasteiger partial charge in [0.25, 0.3) is 17.5 Å². The largest absolute Gasteiger partial charge is 0.478 e. The van der Waals surface area contributed by atoms with E-state index >= 15 is 0 Å². The minimum absolute atomic E-state index is 0.0783. The second-order valence-corrected chi connectivity index (χ2v) is 6.48. The first-order valence-corrected chi connectivity index (χ1v) is 8.40. The van der Waals surface area contributed by atoms with Crippen LogP contribution in [0.5, 0.6) is 0 Å². The van der Waals surface area contributed by atoms with Crippen molar-refractivity contribution in [1.29, 1.82) is 0 Å². The Morgan fingerprint density at radius 3 is 2.03 bits per heavy atom. The van der Waals surface area contributed by atoms with Crippen molar-refractivity contribution in [3.8, 4) is 0 Å². The molecule has 1 heterocycles. The van der Waals surface area contributed by atoms with E-state index in [2.05, 4.69) is 0 Å². The van der Waals surface area contributed by atoms with E-state index < -0.39 is 39.8 Å². The molecule has 2 N–H and O–H groups in total. The molecule has 0 saturated carbocycles. The maximum absolute atomic E-state index is 13.1. The number of non-ortho nitro benzene ring substituents is 1. The fraction of sp³-hybridized carbons (Fsp3) is 0. The van der Waals surface area contributed by atoms with Crippen LogP contribution in [0.3, 0.4) is 0 Å². The number of carbonyl (C=O) groups excluding carboxylic acids is 2. The SMILES string of the molecule is O=C(O)c1cc(C(=O)O)cc(N2C(=O)c3cccc4cc([N+](=O)[O-])cc(c34)C2=O)c1. The average Bonchev–Trinajstić information content (AvgIpc) is 2.71. The van der Waals surface area contributed by atoms with Gasteiger partial charge in [-0.05, 0) is 29.7 Å². The molecule has 0 unspecified atom stereocenters. The number of nitro groups is 1. The Morgan fingerprint density at radius 2 is 1.47 bits per heavy atom. The minimum Gasteiger partial charge on any atom is -0.478 e. The zero-order valence-electron chi connectivity index (χ0n) is 14.9. The summed E-state index contributed by atoms with van der Waals surface area (Å²) in [6, 6.07) is 9.61. The lowest BCUT2D eigenvalue weighted by atomic mass is 9.92. The van der Waals surface area contributed by atoms with Crippen molar-refractivity contribution >= 4 is 45.9 Å². The minimum atomic E-state index is -1.45. The summed E-state index contributed by atoms with van der Waals surface area (Å²) >= 11 is 0. The number of rotatable bonds is 4. The highest BCUT2D eigenvalue weighted by atomic mass is 16.6. The number of amides is 2. The fourth-order valence-electron chi connectivity index (χ4n) is 3.42. The molecular formula is C20H10N2O8. The van der Waals surface area contributed by atoms with Gasteiger partial charge >= 0.3 is 11.9 Å². The Bertz CT molecular complexity index is 1300. The maximum Gasteiger partial charge on any atom is 0.335 e. The van der Waals surface area contributed by atoms with E-state index in [1.165, 1.54) is 24.3 Å². The number of aromatic carboxylic acids is 2. The third-order valence-corrected chi connectivity index (χ3v) is 4.71. The predicted molar refractivity (Wildman–Crippen MR) is 102 cm³/mol. The van der Waals surface area contributed by atoms with Crippen molar-refractivity contribution in [2.24, 2.45) is 0 Å². The molecule has 2 amide bonds. The van der Waals surface area contributed by atoms with Crippen molar-refractivity contribution in [2.75, 3.05) is 4.90 Å². The quantitative estimate of drug-likeness (QED) is 0.381. The average molecular weight is 406 g/mol. The van der Waals surface area contributed by atoms with Gasteiger partial charge in [0.05, 0.1) is 27.3 Å². The van der Waals surface area contributed by atoms with Gasteiger partial charge in [0.1, 0.15) is 0 Å². The molecule has 0 fully saturated rings. The Morgan fingerprint density at radius 1 is 0.867 bits per heavy atom. The summed E-state index contributed by atoms with van der Waals surface area (Å²) in [5.74, 6) is -4.62. The third kappa shape index (κ3) is 2.75. The lowest BCUT2D eigenvalue weighted by Crippen LogP contribution is -2.40. The molecule has 1 aliphatic heterocycles. The predicted octanol–water partition coefficient (Wildman–Crippen LogP) is 2.95. The van der Waals surface area contributed by atoms with Gasteiger partial charge in [0.2, 0.25) is 0 Å². The van der Waals surface area contributed by atoms with E-state index in [4.69, 9.17) is 0 Å². The summed E-state index contributed by atoms with van der Waals surface area (Å²) in [6.07, 6.45) is 0. The van der Waals surface area contributed by atoms with Crippen molar-refractivity contribution < 1.29 is 34.3 Å². The third-order valence-electron chi connectivity index (χ3n) is 4.71. The molecule has 148 valence electrons. The zero-order chi connectivity index (χ0) is 21.7. The lowest BCUT2D eigenvalue weighted by Gasteiger charge is -2.27. The molecule has 0 aliphatic carbocycles. The summed E-state index contributed by atoms with van der Waals surface area (Å²) in [4.78, 5) is 60.2. The Labute approximate surface area is 166 Å². The first kappa shape index (κ1) is 18.7. The van der Waals surface area contributed by atoms with Crippen molar-refractivity contribution in [1.82, 2.24) is 0 Å². The van der Waals surface area contributed by atoms with E-state index in [-0.39, 0.29) is 27.9 Å². The van der Waals surface area contributed by atoms with Gasteiger partial charge in [-0.3, -0.25) is 19.7 Å². The molecule has 0 aromatic heterocycles. The molecule has 0 bridgehead atoms. The molecule has 4 rings (SSSR count). The van der Waals surface area contributed by atoms with Gasteiger partial charge < -0.3 is 10.2 Å². The summed E-state index contributed by atoms with van der Waals surface area (Å²) in [6.45, 7) is 0. The van der Waals surface area contributed by atoms with E-state index in [0.717, 1.165) is 24.3 Å². The topological polar surface area (TPSA) is 155 Å². The Hall–Kier alpha value is -4.60. The van der Waals surface area contributed by atoms with Gasteiger partial charge in [-0.25, -0.2) is 14.5 Å². The van der Waals surface area contributed by atoms with Crippen LogP contribution in [0.4, 0.5) is 11.4 Å². The molecule has 0 spiro atoms. The van der Waals surface area contributed by atoms with Crippen LogP contribution in [-0.4, -0.2) is 38.9 Å². The van der Waals surface area contributed by atoms with E-state index in [0.29, 0.717) is 10.3 Å². The van der Waals surface area contributed by atoms with Crippen LogP contribution >= 0.6 is 0 Å². The van der Waals surface area contributed by atoms with Gasteiger partial charge in [0, 0.05) is 23.1 Å². The van der Waals surface area contributed by atoms with Gasteiger partial charge in [0.15, 0.2) is 0 Å². The number of anilines is 1. The van der Waals surface area contributed by atoms with Crippen molar-refractivity contribution in [2.45, 2.75) is 0 Å². The molecule has 3 aromatic carbocycles. The van der Waals surface area contributed by atoms with Crippen LogP contribution in [0.2, 0.25) is 0 Å². The summed E-state index contributed by atoms with van der Waals surface area (Å²) in [5.41, 5.74) is -1.54. The number of hydrogen-bond acceptors (Lipinski definition) is 6. The first-order valence-electron chi connectivity index (χ1n) is 8.40. The van der Waals surface area contributed by atoms with E-state index in [1.54, 1.807) is 0 Å².